The topological polar surface area (TPSA) is 15.3 Å². The molecule has 0 spiro atoms. The molecule has 112 valence electrons. The molecule has 1 N–H and O–H groups in total. The zero-order valence-corrected chi connectivity index (χ0v) is 15.1. The van der Waals surface area contributed by atoms with Crippen molar-refractivity contribution in [2.75, 3.05) is 30.3 Å². The Morgan fingerprint density at radius 2 is 2.15 bits per heavy atom. The quantitative estimate of drug-likeness (QED) is 0.866. The summed E-state index contributed by atoms with van der Waals surface area (Å²) in [4.78, 5) is 2.52. The minimum atomic E-state index is 0.414. The van der Waals surface area contributed by atoms with Crippen molar-refractivity contribution in [1.82, 2.24) is 5.32 Å². The highest BCUT2D eigenvalue weighted by Gasteiger charge is 2.23. The molecular formula is C16H25BrN2S. The first-order valence-corrected chi connectivity index (χ1v) is 9.18. The van der Waals surface area contributed by atoms with Gasteiger partial charge in [-0.2, -0.15) is 11.8 Å². The molecular weight excluding hydrogens is 332 g/mol. The van der Waals surface area contributed by atoms with E-state index >= 15 is 0 Å². The Balaban J connectivity index is 2.07. The van der Waals surface area contributed by atoms with E-state index in [9.17, 15) is 0 Å². The van der Waals surface area contributed by atoms with Gasteiger partial charge in [-0.25, -0.2) is 0 Å². The van der Waals surface area contributed by atoms with E-state index in [0.717, 1.165) is 26.2 Å². The first kappa shape index (κ1) is 16.2. The van der Waals surface area contributed by atoms with E-state index in [2.05, 4.69) is 76.9 Å². The van der Waals surface area contributed by atoms with Gasteiger partial charge in [0.25, 0.3) is 0 Å². The Kier molecular flexibility index (Phi) is 5.82. The number of nitrogens with one attached hydrogen (secondary N) is 1. The van der Waals surface area contributed by atoms with Gasteiger partial charge in [-0.05, 0) is 30.7 Å². The molecule has 1 fully saturated rings. The van der Waals surface area contributed by atoms with Crippen molar-refractivity contribution in [3.05, 3.63) is 28.2 Å². The van der Waals surface area contributed by atoms with Crippen molar-refractivity contribution >= 4 is 33.4 Å². The number of hydrogen-bond donors (Lipinski definition) is 1. The number of thioether (sulfide) groups is 1. The molecule has 0 aliphatic carbocycles. The zero-order valence-electron chi connectivity index (χ0n) is 12.7. The molecule has 0 unspecified atom stereocenters. The van der Waals surface area contributed by atoms with Crippen LogP contribution in [0.1, 0.15) is 32.8 Å². The zero-order chi connectivity index (χ0) is 14.6. The molecule has 1 aliphatic rings. The summed E-state index contributed by atoms with van der Waals surface area (Å²) in [5.41, 5.74) is 2.68. The van der Waals surface area contributed by atoms with Gasteiger partial charge in [0.15, 0.2) is 0 Å². The number of rotatable bonds is 4. The normalized spacial score (nSPS) is 18.9. The van der Waals surface area contributed by atoms with Gasteiger partial charge in [0.1, 0.15) is 0 Å². The second kappa shape index (κ2) is 7.19. The highest BCUT2D eigenvalue weighted by atomic mass is 79.9. The van der Waals surface area contributed by atoms with E-state index < -0.39 is 0 Å². The van der Waals surface area contributed by atoms with Crippen molar-refractivity contribution in [2.45, 2.75) is 38.5 Å². The molecule has 0 saturated carbocycles. The lowest BCUT2D eigenvalue weighted by Crippen LogP contribution is -2.27. The highest BCUT2D eigenvalue weighted by molar-refractivity contribution is 9.10. The summed E-state index contributed by atoms with van der Waals surface area (Å²) in [5, 5.41) is 3.38. The molecule has 4 heteroatoms. The van der Waals surface area contributed by atoms with Gasteiger partial charge in [0.2, 0.25) is 0 Å². The third-order valence-electron chi connectivity index (χ3n) is 3.81. The second-order valence-electron chi connectivity index (χ2n) is 5.90. The van der Waals surface area contributed by atoms with Crippen LogP contribution in [0.5, 0.6) is 0 Å². The largest absolute Gasteiger partial charge is 0.371 e. The fourth-order valence-corrected chi connectivity index (χ4v) is 4.02. The van der Waals surface area contributed by atoms with Gasteiger partial charge in [-0.3, -0.25) is 0 Å². The summed E-state index contributed by atoms with van der Waals surface area (Å²) in [7, 11) is 0. The first-order chi connectivity index (χ1) is 9.52. The second-order valence-corrected chi connectivity index (χ2v) is 8.56. The molecule has 2 rings (SSSR count). The average Bonchev–Trinajstić information content (AvgIpc) is 2.58. The Hall–Kier alpha value is -0.190. The van der Waals surface area contributed by atoms with Gasteiger partial charge in [-0.1, -0.05) is 42.8 Å². The predicted octanol–water partition coefficient (Wildman–Crippen LogP) is 4.28. The van der Waals surface area contributed by atoms with Gasteiger partial charge >= 0.3 is 0 Å². The third-order valence-corrected chi connectivity index (χ3v) is 5.92. The number of hydrogen-bond acceptors (Lipinski definition) is 3. The van der Waals surface area contributed by atoms with Gasteiger partial charge in [-0.15, -0.1) is 0 Å². The predicted molar refractivity (Wildman–Crippen MR) is 94.9 cm³/mol. The standard InChI is InChI=1S/C16H25BrN2S/c1-4-18-12-13-5-6-14(11-15(13)17)19-8-7-16(2,3)20-10-9-19/h5-6,11,18H,4,7-10,12H2,1-3H3. The van der Waals surface area contributed by atoms with E-state index in [1.807, 2.05) is 0 Å². The minimum Gasteiger partial charge on any atom is -0.371 e. The van der Waals surface area contributed by atoms with E-state index in [0.29, 0.717) is 4.75 Å². The number of anilines is 1. The maximum Gasteiger partial charge on any atom is 0.0378 e. The lowest BCUT2D eigenvalue weighted by Gasteiger charge is -2.25. The van der Waals surface area contributed by atoms with Crippen molar-refractivity contribution in [3.8, 4) is 0 Å². The summed E-state index contributed by atoms with van der Waals surface area (Å²) in [6, 6.07) is 6.78. The molecule has 1 saturated heterocycles. The molecule has 1 heterocycles. The highest BCUT2D eigenvalue weighted by Crippen LogP contribution is 2.33. The van der Waals surface area contributed by atoms with Gasteiger partial charge in [0, 0.05) is 40.3 Å². The monoisotopic (exact) mass is 356 g/mol. The van der Waals surface area contributed by atoms with Crippen LogP contribution in [0.3, 0.4) is 0 Å². The van der Waals surface area contributed by atoms with E-state index in [-0.39, 0.29) is 0 Å². The Morgan fingerprint density at radius 1 is 1.35 bits per heavy atom. The first-order valence-electron chi connectivity index (χ1n) is 7.40. The maximum atomic E-state index is 3.71. The third kappa shape index (κ3) is 4.40. The molecule has 0 atom stereocenters. The Labute approximate surface area is 135 Å². The van der Waals surface area contributed by atoms with Crippen LogP contribution in [0.2, 0.25) is 0 Å². The number of nitrogens with zero attached hydrogens (tertiary/aromatic N) is 1. The van der Waals surface area contributed by atoms with E-state index in [4.69, 9.17) is 0 Å². The summed E-state index contributed by atoms with van der Waals surface area (Å²) in [5.74, 6) is 1.21. The van der Waals surface area contributed by atoms with Crippen molar-refractivity contribution < 1.29 is 0 Å². The molecule has 1 aromatic rings. The fraction of sp³-hybridized carbons (Fsp3) is 0.625. The lowest BCUT2D eigenvalue weighted by molar-refractivity contribution is 0.637. The molecule has 20 heavy (non-hydrogen) atoms. The van der Waals surface area contributed by atoms with Crippen LogP contribution < -0.4 is 10.2 Å². The summed E-state index contributed by atoms with van der Waals surface area (Å²) in [6.45, 7) is 11.1. The average molecular weight is 357 g/mol. The summed E-state index contributed by atoms with van der Waals surface area (Å²) in [6.07, 6.45) is 1.24. The Bertz CT molecular complexity index is 448. The fourth-order valence-electron chi connectivity index (χ4n) is 2.41. The van der Waals surface area contributed by atoms with Crippen molar-refractivity contribution in [2.24, 2.45) is 0 Å². The molecule has 0 aromatic heterocycles. The van der Waals surface area contributed by atoms with Crippen molar-refractivity contribution in [3.63, 3.8) is 0 Å². The molecule has 0 radical (unpaired) electrons. The molecule has 1 aliphatic heterocycles. The van der Waals surface area contributed by atoms with Crippen LogP contribution in [0.15, 0.2) is 22.7 Å². The molecule has 0 bridgehead atoms. The number of halogens is 1. The summed E-state index contributed by atoms with van der Waals surface area (Å²) < 4.78 is 1.63. The van der Waals surface area contributed by atoms with Crippen molar-refractivity contribution in [1.29, 1.82) is 0 Å². The van der Waals surface area contributed by atoms with Crippen LogP contribution in [0.25, 0.3) is 0 Å². The van der Waals surface area contributed by atoms with Crippen LogP contribution in [0.4, 0.5) is 5.69 Å². The molecule has 1 aromatic carbocycles. The van der Waals surface area contributed by atoms with E-state index in [1.165, 1.54) is 27.9 Å². The van der Waals surface area contributed by atoms with Crippen LogP contribution in [0, 0.1) is 0 Å². The van der Waals surface area contributed by atoms with Crippen LogP contribution in [-0.2, 0) is 6.54 Å². The van der Waals surface area contributed by atoms with Crippen LogP contribution >= 0.6 is 27.7 Å². The minimum absolute atomic E-state index is 0.414. The molecule has 0 amide bonds. The van der Waals surface area contributed by atoms with E-state index in [1.54, 1.807) is 0 Å². The van der Waals surface area contributed by atoms with Gasteiger partial charge in [0.05, 0.1) is 0 Å². The summed E-state index contributed by atoms with van der Waals surface area (Å²) >= 11 is 5.81. The number of benzene rings is 1. The maximum absolute atomic E-state index is 3.71. The smallest absolute Gasteiger partial charge is 0.0378 e. The Morgan fingerprint density at radius 3 is 2.85 bits per heavy atom. The SMILES string of the molecule is CCNCc1ccc(N2CCSC(C)(C)CC2)cc1Br. The molecule has 2 nitrogen and oxygen atoms in total. The van der Waals surface area contributed by atoms with Crippen LogP contribution in [-0.4, -0.2) is 30.1 Å². The van der Waals surface area contributed by atoms with Gasteiger partial charge < -0.3 is 10.2 Å². The lowest BCUT2D eigenvalue weighted by atomic mass is 10.1.